The van der Waals surface area contributed by atoms with Gasteiger partial charge in [0.2, 0.25) is 0 Å². The fraction of sp³-hybridized carbons (Fsp3) is 1.00. The van der Waals surface area contributed by atoms with Crippen LogP contribution >= 0.6 is 0 Å². The van der Waals surface area contributed by atoms with Crippen molar-refractivity contribution in [1.82, 2.24) is 20.0 Å². The third kappa shape index (κ3) is 6.69. The second-order valence-electron chi connectivity index (χ2n) is 5.33. The second-order valence-corrected chi connectivity index (χ2v) is 5.33. The summed E-state index contributed by atoms with van der Waals surface area (Å²) < 4.78 is 0. The molecule has 1 aliphatic rings. The summed E-state index contributed by atoms with van der Waals surface area (Å²) in [6.07, 6.45) is 1.26. The summed E-state index contributed by atoms with van der Waals surface area (Å²) in [6, 6.07) is 0. The zero-order valence-electron chi connectivity index (χ0n) is 12.6. The SMILES string of the molecule is CCCN(CC)CCNCCN1CCN(C)CC1. The number of rotatable bonds is 9. The van der Waals surface area contributed by atoms with Crippen LogP contribution in [0, 0.1) is 0 Å². The average Bonchev–Trinajstić information content (AvgIpc) is 2.39. The Labute approximate surface area is 113 Å². The fourth-order valence-corrected chi connectivity index (χ4v) is 2.42. The van der Waals surface area contributed by atoms with E-state index < -0.39 is 0 Å². The van der Waals surface area contributed by atoms with Gasteiger partial charge >= 0.3 is 0 Å². The fourth-order valence-electron chi connectivity index (χ4n) is 2.42. The minimum Gasteiger partial charge on any atom is -0.314 e. The Balaban J connectivity index is 1.94. The lowest BCUT2D eigenvalue weighted by molar-refractivity contribution is 0.154. The Kier molecular flexibility index (Phi) is 8.59. The predicted molar refractivity (Wildman–Crippen MR) is 79.2 cm³/mol. The van der Waals surface area contributed by atoms with Crippen LogP contribution in [0.4, 0.5) is 0 Å². The van der Waals surface area contributed by atoms with Crippen molar-refractivity contribution in [2.45, 2.75) is 20.3 Å². The van der Waals surface area contributed by atoms with Crippen LogP contribution in [0.5, 0.6) is 0 Å². The molecule has 0 atom stereocenters. The minimum atomic E-state index is 1.13. The minimum absolute atomic E-state index is 1.13. The Morgan fingerprint density at radius 3 is 2.33 bits per heavy atom. The van der Waals surface area contributed by atoms with Gasteiger partial charge in [0.25, 0.3) is 0 Å². The van der Waals surface area contributed by atoms with Gasteiger partial charge in [0.15, 0.2) is 0 Å². The molecule has 0 aromatic heterocycles. The number of nitrogens with zero attached hydrogens (tertiary/aromatic N) is 3. The van der Waals surface area contributed by atoms with Gasteiger partial charge < -0.3 is 15.1 Å². The van der Waals surface area contributed by atoms with E-state index in [2.05, 4.69) is 40.9 Å². The third-order valence-corrected chi connectivity index (χ3v) is 3.79. The molecule has 1 rings (SSSR count). The molecule has 4 nitrogen and oxygen atoms in total. The molecule has 1 saturated heterocycles. The van der Waals surface area contributed by atoms with Crippen LogP contribution < -0.4 is 5.32 Å². The van der Waals surface area contributed by atoms with Crippen LogP contribution in [0.25, 0.3) is 0 Å². The van der Waals surface area contributed by atoms with Crippen molar-refractivity contribution in [3.63, 3.8) is 0 Å². The van der Waals surface area contributed by atoms with E-state index in [1.165, 1.54) is 58.8 Å². The van der Waals surface area contributed by atoms with Crippen LogP contribution in [0.2, 0.25) is 0 Å². The first kappa shape index (κ1) is 15.9. The van der Waals surface area contributed by atoms with E-state index in [0.717, 1.165) is 13.1 Å². The quantitative estimate of drug-likeness (QED) is 0.608. The van der Waals surface area contributed by atoms with Crippen molar-refractivity contribution >= 4 is 0 Å². The van der Waals surface area contributed by atoms with E-state index in [1.54, 1.807) is 0 Å². The second kappa shape index (κ2) is 9.73. The summed E-state index contributed by atoms with van der Waals surface area (Å²) in [5, 5.41) is 3.57. The van der Waals surface area contributed by atoms with Crippen molar-refractivity contribution in [3.05, 3.63) is 0 Å². The van der Waals surface area contributed by atoms with Crippen LogP contribution in [0.15, 0.2) is 0 Å². The highest BCUT2D eigenvalue weighted by Gasteiger charge is 2.12. The first-order valence-electron chi connectivity index (χ1n) is 7.60. The maximum Gasteiger partial charge on any atom is 0.0110 e. The molecule has 0 amide bonds. The van der Waals surface area contributed by atoms with Gasteiger partial charge in [-0.05, 0) is 26.6 Å². The van der Waals surface area contributed by atoms with Crippen molar-refractivity contribution in [1.29, 1.82) is 0 Å². The van der Waals surface area contributed by atoms with Crippen LogP contribution in [0.1, 0.15) is 20.3 Å². The lowest BCUT2D eigenvalue weighted by atomic mass is 10.3. The highest BCUT2D eigenvalue weighted by molar-refractivity contribution is 4.70. The molecular formula is C14H32N4. The van der Waals surface area contributed by atoms with Crippen molar-refractivity contribution < 1.29 is 0 Å². The summed E-state index contributed by atoms with van der Waals surface area (Å²) in [7, 11) is 2.21. The number of hydrogen-bond donors (Lipinski definition) is 1. The maximum absolute atomic E-state index is 3.57. The Morgan fingerprint density at radius 1 is 1.00 bits per heavy atom. The van der Waals surface area contributed by atoms with E-state index in [0.29, 0.717) is 0 Å². The number of piperazine rings is 1. The van der Waals surface area contributed by atoms with E-state index in [1.807, 2.05) is 0 Å². The van der Waals surface area contributed by atoms with E-state index in [4.69, 9.17) is 0 Å². The molecule has 1 fully saturated rings. The van der Waals surface area contributed by atoms with Gasteiger partial charge in [-0.2, -0.15) is 0 Å². The predicted octanol–water partition coefficient (Wildman–Crippen LogP) is 0.555. The number of hydrogen-bond acceptors (Lipinski definition) is 4. The Hall–Kier alpha value is -0.160. The summed E-state index contributed by atoms with van der Waals surface area (Å²) in [6.45, 7) is 16.5. The summed E-state index contributed by atoms with van der Waals surface area (Å²) in [5.74, 6) is 0. The van der Waals surface area contributed by atoms with Gasteiger partial charge in [-0.3, -0.25) is 4.90 Å². The monoisotopic (exact) mass is 256 g/mol. The molecule has 0 saturated carbocycles. The summed E-state index contributed by atoms with van der Waals surface area (Å²) in [5.41, 5.74) is 0. The lowest BCUT2D eigenvalue weighted by Crippen LogP contribution is -2.46. The smallest absolute Gasteiger partial charge is 0.0110 e. The maximum atomic E-state index is 3.57. The zero-order chi connectivity index (χ0) is 13.2. The molecule has 0 unspecified atom stereocenters. The molecule has 0 bridgehead atoms. The van der Waals surface area contributed by atoms with Crippen molar-refractivity contribution in [2.75, 3.05) is 72.5 Å². The Morgan fingerprint density at radius 2 is 1.72 bits per heavy atom. The number of nitrogens with one attached hydrogen (secondary N) is 1. The van der Waals surface area contributed by atoms with Gasteiger partial charge in [-0.1, -0.05) is 13.8 Å². The van der Waals surface area contributed by atoms with Gasteiger partial charge in [0, 0.05) is 52.4 Å². The molecule has 0 spiro atoms. The Bertz CT molecular complexity index is 190. The lowest BCUT2D eigenvalue weighted by Gasteiger charge is -2.32. The first-order chi connectivity index (χ1) is 8.76. The molecule has 0 aliphatic carbocycles. The topological polar surface area (TPSA) is 21.8 Å². The normalized spacial score (nSPS) is 18.7. The molecule has 108 valence electrons. The molecule has 18 heavy (non-hydrogen) atoms. The number of likely N-dealkylation sites (N-methyl/N-ethyl adjacent to an activating group) is 2. The summed E-state index contributed by atoms with van der Waals surface area (Å²) in [4.78, 5) is 7.49. The molecular weight excluding hydrogens is 224 g/mol. The first-order valence-corrected chi connectivity index (χ1v) is 7.60. The highest BCUT2D eigenvalue weighted by Crippen LogP contribution is 1.97. The van der Waals surface area contributed by atoms with Crippen LogP contribution in [0.3, 0.4) is 0 Å². The van der Waals surface area contributed by atoms with Gasteiger partial charge in [0.05, 0.1) is 0 Å². The van der Waals surface area contributed by atoms with Gasteiger partial charge in [-0.15, -0.1) is 0 Å². The molecule has 1 N–H and O–H groups in total. The van der Waals surface area contributed by atoms with Crippen LogP contribution in [-0.2, 0) is 0 Å². The molecule has 0 aromatic rings. The van der Waals surface area contributed by atoms with E-state index in [9.17, 15) is 0 Å². The van der Waals surface area contributed by atoms with Gasteiger partial charge in [-0.25, -0.2) is 0 Å². The van der Waals surface area contributed by atoms with Crippen molar-refractivity contribution in [3.8, 4) is 0 Å². The zero-order valence-corrected chi connectivity index (χ0v) is 12.6. The molecule has 0 aromatic carbocycles. The van der Waals surface area contributed by atoms with E-state index >= 15 is 0 Å². The van der Waals surface area contributed by atoms with Gasteiger partial charge in [0.1, 0.15) is 0 Å². The van der Waals surface area contributed by atoms with E-state index in [-0.39, 0.29) is 0 Å². The molecule has 4 heteroatoms. The summed E-state index contributed by atoms with van der Waals surface area (Å²) >= 11 is 0. The standard InChI is InChI=1S/C14H32N4/c1-4-8-17(5-2)9-6-15-7-10-18-13-11-16(3)12-14-18/h15H,4-14H2,1-3H3. The third-order valence-electron chi connectivity index (χ3n) is 3.79. The molecule has 0 radical (unpaired) electrons. The largest absolute Gasteiger partial charge is 0.314 e. The van der Waals surface area contributed by atoms with Crippen LogP contribution in [-0.4, -0.2) is 87.2 Å². The average molecular weight is 256 g/mol. The highest BCUT2D eigenvalue weighted by atomic mass is 15.2. The molecule has 1 aliphatic heterocycles. The molecule has 1 heterocycles. The van der Waals surface area contributed by atoms with Crippen molar-refractivity contribution in [2.24, 2.45) is 0 Å².